The average Bonchev–Trinajstić information content (AvgIpc) is 2.50. The lowest BCUT2D eigenvalue weighted by Crippen LogP contribution is -2.12. The lowest BCUT2D eigenvalue weighted by atomic mass is 10.1. The summed E-state index contributed by atoms with van der Waals surface area (Å²) in [4.78, 5) is 16.3. The van der Waals surface area contributed by atoms with Crippen molar-refractivity contribution in [2.75, 3.05) is 5.32 Å². The van der Waals surface area contributed by atoms with E-state index in [0.717, 1.165) is 10.8 Å². The molecule has 0 fully saturated rings. The molecule has 4 heteroatoms. The lowest BCUT2D eigenvalue weighted by Gasteiger charge is -2.09. The van der Waals surface area contributed by atoms with Gasteiger partial charge in [-0.15, -0.1) is 0 Å². The van der Waals surface area contributed by atoms with Gasteiger partial charge in [-0.1, -0.05) is 12.1 Å². The molecule has 3 rings (SSSR count). The van der Waals surface area contributed by atoms with Gasteiger partial charge in [-0.05, 0) is 48.2 Å². The highest BCUT2D eigenvalue weighted by Gasteiger charge is 2.10. The van der Waals surface area contributed by atoms with Crippen molar-refractivity contribution in [1.82, 2.24) is 4.98 Å². The number of rotatable bonds is 2. The Morgan fingerprint density at radius 1 is 1.19 bits per heavy atom. The molecule has 1 heterocycles. The van der Waals surface area contributed by atoms with Gasteiger partial charge in [0.1, 0.15) is 5.82 Å². The Balaban J connectivity index is 1.94. The number of benzene rings is 2. The molecule has 0 atom stereocenters. The summed E-state index contributed by atoms with van der Waals surface area (Å²) in [5, 5.41) is 4.71. The molecule has 0 spiro atoms. The van der Waals surface area contributed by atoms with Gasteiger partial charge in [-0.25, -0.2) is 4.39 Å². The van der Waals surface area contributed by atoms with Crippen molar-refractivity contribution in [2.24, 2.45) is 0 Å². The third-order valence-corrected chi connectivity index (χ3v) is 3.35. The van der Waals surface area contributed by atoms with Gasteiger partial charge in [0, 0.05) is 23.3 Å². The van der Waals surface area contributed by atoms with Crippen LogP contribution in [0.3, 0.4) is 0 Å². The van der Waals surface area contributed by atoms with Crippen LogP contribution in [0.2, 0.25) is 0 Å². The van der Waals surface area contributed by atoms with E-state index < -0.39 is 0 Å². The first kappa shape index (κ1) is 13.2. The first-order chi connectivity index (χ1) is 10.1. The lowest BCUT2D eigenvalue weighted by molar-refractivity contribution is 0.102. The molecule has 0 saturated carbocycles. The van der Waals surface area contributed by atoms with Gasteiger partial charge in [-0.3, -0.25) is 9.78 Å². The molecule has 1 aromatic heterocycles. The van der Waals surface area contributed by atoms with Crippen LogP contribution in [0.1, 0.15) is 15.9 Å². The number of nitrogens with one attached hydrogen (secondary N) is 1. The maximum atomic E-state index is 13.3. The normalized spacial score (nSPS) is 10.6. The number of carbonyl (C=O) groups is 1. The van der Waals surface area contributed by atoms with E-state index in [1.807, 2.05) is 24.3 Å². The molecule has 3 nitrogen and oxygen atoms in total. The van der Waals surface area contributed by atoms with E-state index in [1.54, 1.807) is 19.3 Å². The first-order valence-electron chi connectivity index (χ1n) is 6.55. The van der Waals surface area contributed by atoms with Gasteiger partial charge in [0.25, 0.3) is 5.91 Å². The standard InChI is InChI=1S/C17H13FN2O/c1-11-9-13(5-6-15(11)18)17(21)20-16-4-2-3-12-7-8-19-10-14(12)16/h2-10H,1H3,(H,20,21). The predicted octanol–water partition coefficient (Wildman–Crippen LogP) is 3.93. The van der Waals surface area contributed by atoms with Crippen molar-refractivity contribution < 1.29 is 9.18 Å². The molecule has 1 N–H and O–H groups in total. The van der Waals surface area contributed by atoms with Crippen LogP contribution in [0.25, 0.3) is 10.8 Å². The van der Waals surface area contributed by atoms with Crippen LogP contribution in [0.5, 0.6) is 0 Å². The van der Waals surface area contributed by atoms with Crippen molar-refractivity contribution in [3.05, 3.63) is 71.8 Å². The third-order valence-electron chi connectivity index (χ3n) is 3.35. The van der Waals surface area contributed by atoms with Gasteiger partial charge in [0.15, 0.2) is 0 Å². The Kier molecular flexibility index (Phi) is 3.36. The number of carbonyl (C=O) groups excluding carboxylic acids is 1. The largest absolute Gasteiger partial charge is 0.321 e. The molecule has 3 aromatic rings. The Labute approximate surface area is 121 Å². The van der Waals surface area contributed by atoms with E-state index in [4.69, 9.17) is 0 Å². The van der Waals surface area contributed by atoms with Gasteiger partial charge in [0.2, 0.25) is 0 Å². The van der Waals surface area contributed by atoms with E-state index in [2.05, 4.69) is 10.3 Å². The number of aryl methyl sites for hydroxylation is 1. The minimum atomic E-state index is -0.319. The molecule has 104 valence electrons. The zero-order valence-corrected chi connectivity index (χ0v) is 11.4. The van der Waals surface area contributed by atoms with Crippen LogP contribution in [0.4, 0.5) is 10.1 Å². The Hall–Kier alpha value is -2.75. The Morgan fingerprint density at radius 3 is 2.86 bits per heavy atom. The molecule has 0 aliphatic carbocycles. The number of anilines is 1. The second-order valence-electron chi connectivity index (χ2n) is 4.82. The molecule has 0 unspecified atom stereocenters. The summed E-state index contributed by atoms with van der Waals surface area (Å²) in [7, 11) is 0. The maximum absolute atomic E-state index is 13.3. The number of halogens is 1. The second-order valence-corrected chi connectivity index (χ2v) is 4.82. The smallest absolute Gasteiger partial charge is 0.255 e. The molecule has 0 aliphatic heterocycles. The Bertz CT molecular complexity index is 825. The zero-order chi connectivity index (χ0) is 14.8. The summed E-state index contributed by atoms with van der Waals surface area (Å²) in [6.45, 7) is 1.63. The molecule has 1 amide bonds. The minimum absolute atomic E-state index is 0.269. The number of nitrogens with zero attached hydrogens (tertiary/aromatic N) is 1. The van der Waals surface area contributed by atoms with Gasteiger partial charge >= 0.3 is 0 Å². The third kappa shape index (κ3) is 2.60. The molecule has 0 bridgehead atoms. The number of hydrogen-bond acceptors (Lipinski definition) is 2. The fourth-order valence-electron chi connectivity index (χ4n) is 2.20. The van der Waals surface area contributed by atoms with E-state index in [-0.39, 0.29) is 11.7 Å². The van der Waals surface area contributed by atoms with Crippen LogP contribution in [-0.2, 0) is 0 Å². The highest BCUT2D eigenvalue weighted by Crippen LogP contribution is 2.22. The number of fused-ring (bicyclic) bond motifs is 1. The maximum Gasteiger partial charge on any atom is 0.255 e. The summed E-state index contributed by atoms with van der Waals surface area (Å²) in [5.74, 6) is -0.588. The highest BCUT2D eigenvalue weighted by atomic mass is 19.1. The first-order valence-corrected chi connectivity index (χ1v) is 6.55. The van der Waals surface area contributed by atoms with Crippen molar-refractivity contribution in [3.63, 3.8) is 0 Å². The second kappa shape index (κ2) is 5.32. The van der Waals surface area contributed by atoms with Crippen molar-refractivity contribution in [1.29, 1.82) is 0 Å². The molecule has 0 saturated heterocycles. The Morgan fingerprint density at radius 2 is 2.05 bits per heavy atom. The van der Waals surface area contributed by atoms with Crippen molar-refractivity contribution in [3.8, 4) is 0 Å². The fraction of sp³-hybridized carbons (Fsp3) is 0.0588. The van der Waals surface area contributed by atoms with Gasteiger partial charge in [0.05, 0.1) is 5.69 Å². The van der Waals surface area contributed by atoms with Crippen LogP contribution in [0.15, 0.2) is 54.9 Å². The molecule has 0 aliphatic rings. The fourth-order valence-corrected chi connectivity index (χ4v) is 2.20. The number of hydrogen-bond donors (Lipinski definition) is 1. The van der Waals surface area contributed by atoms with Gasteiger partial charge < -0.3 is 5.32 Å². The van der Waals surface area contributed by atoms with E-state index in [0.29, 0.717) is 16.8 Å². The quantitative estimate of drug-likeness (QED) is 0.772. The van der Waals surface area contributed by atoms with Crippen LogP contribution < -0.4 is 5.32 Å². The summed E-state index contributed by atoms with van der Waals surface area (Å²) in [6.07, 6.45) is 3.41. The molecule has 2 aromatic carbocycles. The summed E-state index contributed by atoms with van der Waals surface area (Å²) < 4.78 is 13.3. The summed E-state index contributed by atoms with van der Waals surface area (Å²) in [5.41, 5.74) is 1.56. The number of amides is 1. The summed E-state index contributed by atoms with van der Waals surface area (Å²) >= 11 is 0. The van der Waals surface area contributed by atoms with E-state index in [9.17, 15) is 9.18 Å². The molecular formula is C17H13FN2O. The molecule has 0 radical (unpaired) electrons. The van der Waals surface area contributed by atoms with E-state index in [1.165, 1.54) is 18.2 Å². The topological polar surface area (TPSA) is 42.0 Å². The SMILES string of the molecule is Cc1cc(C(=O)Nc2cccc3ccncc23)ccc1F. The molecular weight excluding hydrogens is 267 g/mol. The van der Waals surface area contributed by atoms with Crippen molar-refractivity contribution >= 4 is 22.4 Å². The minimum Gasteiger partial charge on any atom is -0.321 e. The zero-order valence-electron chi connectivity index (χ0n) is 11.4. The van der Waals surface area contributed by atoms with E-state index >= 15 is 0 Å². The monoisotopic (exact) mass is 280 g/mol. The van der Waals surface area contributed by atoms with Gasteiger partial charge in [-0.2, -0.15) is 0 Å². The van der Waals surface area contributed by atoms with Crippen LogP contribution in [0, 0.1) is 12.7 Å². The number of aromatic nitrogens is 1. The summed E-state index contributed by atoms with van der Waals surface area (Å²) in [6, 6.07) is 11.8. The predicted molar refractivity (Wildman–Crippen MR) is 80.8 cm³/mol. The van der Waals surface area contributed by atoms with Crippen LogP contribution in [-0.4, -0.2) is 10.9 Å². The average molecular weight is 280 g/mol. The van der Waals surface area contributed by atoms with Crippen LogP contribution >= 0.6 is 0 Å². The number of pyridine rings is 1. The molecule has 21 heavy (non-hydrogen) atoms. The van der Waals surface area contributed by atoms with Crippen molar-refractivity contribution in [2.45, 2.75) is 6.92 Å². The highest BCUT2D eigenvalue weighted by molar-refractivity contribution is 6.09.